The van der Waals surface area contributed by atoms with Gasteiger partial charge >= 0.3 is 0 Å². The highest BCUT2D eigenvalue weighted by Crippen LogP contribution is 2.39. The molecule has 100 valence electrons. The zero-order chi connectivity index (χ0) is 13.2. The van der Waals surface area contributed by atoms with Crippen LogP contribution >= 0.6 is 0 Å². The van der Waals surface area contributed by atoms with Crippen molar-refractivity contribution in [3.8, 4) is 5.75 Å². The van der Waals surface area contributed by atoms with Gasteiger partial charge in [0.2, 0.25) is 0 Å². The van der Waals surface area contributed by atoms with Gasteiger partial charge in [0.05, 0.1) is 7.11 Å². The van der Waals surface area contributed by atoms with E-state index in [1.54, 1.807) is 7.11 Å². The molecular weight excluding hydrogens is 224 g/mol. The Bertz CT molecular complexity index is 419. The van der Waals surface area contributed by atoms with Gasteiger partial charge in [0.25, 0.3) is 0 Å². The summed E-state index contributed by atoms with van der Waals surface area (Å²) in [5.74, 6) is 1.63. The van der Waals surface area contributed by atoms with Crippen LogP contribution in [-0.2, 0) is 12.0 Å². The van der Waals surface area contributed by atoms with E-state index in [1.165, 1.54) is 11.1 Å². The van der Waals surface area contributed by atoms with Gasteiger partial charge in [-0.3, -0.25) is 0 Å². The van der Waals surface area contributed by atoms with Crippen LogP contribution in [0.1, 0.15) is 25.0 Å². The number of hydrogen-bond donors (Lipinski definition) is 2. The second-order valence-corrected chi connectivity index (χ2v) is 5.47. The van der Waals surface area contributed by atoms with E-state index in [4.69, 9.17) is 4.74 Å². The Labute approximate surface area is 110 Å². The van der Waals surface area contributed by atoms with Crippen molar-refractivity contribution >= 4 is 0 Å². The molecule has 2 N–H and O–H groups in total. The minimum atomic E-state index is 0.195. The molecule has 0 saturated carbocycles. The summed E-state index contributed by atoms with van der Waals surface area (Å²) in [6, 6.07) is 6.40. The maximum Gasteiger partial charge on any atom is 0.123 e. The third-order valence-electron chi connectivity index (χ3n) is 4.35. The van der Waals surface area contributed by atoms with E-state index in [-0.39, 0.29) is 5.41 Å². The molecule has 1 aromatic rings. The van der Waals surface area contributed by atoms with Crippen LogP contribution in [0.15, 0.2) is 18.2 Å². The first kappa shape index (κ1) is 13.4. The number of benzene rings is 1. The Hall–Kier alpha value is -1.06. The van der Waals surface area contributed by atoms with E-state index in [0.29, 0.717) is 5.92 Å². The molecule has 1 aliphatic rings. The van der Waals surface area contributed by atoms with E-state index in [0.717, 1.165) is 25.4 Å². The largest absolute Gasteiger partial charge is 0.496 e. The summed E-state index contributed by atoms with van der Waals surface area (Å²) in [4.78, 5) is 0. The van der Waals surface area contributed by atoms with Gasteiger partial charge in [-0.15, -0.1) is 0 Å². The molecule has 3 nitrogen and oxygen atoms in total. The Balaban J connectivity index is 2.49. The molecule has 2 rings (SSSR count). The molecular formula is C15H24N2O. The Kier molecular flexibility index (Phi) is 3.93. The highest BCUT2D eigenvalue weighted by atomic mass is 16.5. The molecule has 1 aliphatic heterocycles. The molecule has 0 radical (unpaired) electrons. The minimum absolute atomic E-state index is 0.195. The highest BCUT2D eigenvalue weighted by Gasteiger charge is 2.39. The van der Waals surface area contributed by atoms with E-state index in [1.807, 2.05) is 13.1 Å². The summed E-state index contributed by atoms with van der Waals surface area (Å²) in [6.07, 6.45) is 0. The van der Waals surface area contributed by atoms with Crippen LogP contribution in [0.3, 0.4) is 0 Å². The van der Waals surface area contributed by atoms with Crippen LogP contribution in [0, 0.1) is 5.92 Å². The lowest BCUT2D eigenvalue weighted by Gasteiger charge is -2.31. The van der Waals surface area contributed by atoms with Gasteiger partial charge in [0, 0.05) is 24.1 Å². The van der Waals surface area contributed by atoms with Gasteiger partial charge < -0.3 is 15.4 Å². The third-order valence-corrected chi connectivity index (χ3v) is 4.35. The van der Waals surface area contributed by atoms with E-state index < -0.39 is 0 Å². The molecule has 3 heteroatoms. The average Bonchev–Trinajstić information content (AvgIpc) is 2.71. The number of nitrogens with one attached hydrogen (secondary N) is 2. The lowest BCUT2D eigenvalue weighted by Crippen LogP contribution is -2.32. The predicted molar refractivity (Wildman–Crippen MR) is 75.1 cm³/mol. The topological polar surface area (TPSA) is 33.3 Å². The normalized spacial score (nSPS) is 27.4. The molecule has 0 aliphatic carbocycles. The molecule has 0 bridgehead atoms. The summed E-state index contributed by atoms with van der Waals surface area (Å²) in [7, 11) is 3.73. The fraction of sp³-hybridized carbons (Fsp3) is 0.600. The Morgan fingerprint density at radius 3 is 2.83 bits per heavy atom. The molecule has 0 aromatic heterocycles. The zero-order valence-corrected chi connectivity index (χ0v) is 11.8. The second kappa shape index (κ2) is 5.29. The van der Waals surface area contributed by atoms with Crippen LogP contribution < -0.4 is 15.4 Å². The van der Waals surface area contributed by atoms with Gasteiger partial charge in [-0.1, -0.05) is 26.0 Å². The summed E-state index contributed by atoms with van der Waals surface area (Å²) in [5, 5.41) is 6.76. The van der Waals surface area contributed by atoms with Crippen molar-refractivity contribution in [2.45, 2.75) is 25.8 Å². The van der Waals surface area contributed by atoms with Crippen LogP contribution in [0.25, 0.3) is 0 Å². The lowest BCUT2D eigenvalue weighted by molar-refractivity contribution is 0.383. The fourth-order valence-corrected chi connectivity index (χ4v) is 2.96. The average molecular weight is 248 g/mol. The van der Waals surface area contributed by atoms with Gasteiger partial charge in [0.15, 0.2) is 0 Å². The first-order valence-corrected chi connectivity index (χ1v) is 6.65. The molecule has 2 unspecified atom stereocenters. The van der Waals surface area contributed by atoms with Crippen molar-refractivity contribution < 1.29 is 4.74 Å². The highest BCUT2D eigenvalue weighted by molar-refractivity contribution is 5.45. The molecule has 1 aromatic carbocycles. The van der Waals surface area contributed by atoms with E-state index >= 15 is 0 Å². The standard InChI is InChI=1S/C15H24N2O/c1-11-8-17-10-15(11,2)13-6-5-7-14(18-4)12(13)9-16-3/h5-7,11,16-17H,8-10H2,1-4H3. The van der Waals surface area contributed by atoms with E-state index in [9.17, 15) is 0 Å². The lowest BCUT2D eigenvalue weighted by atomic mass is 9.73. The first-order valence-electron chi connectivity index (χ1n) is 6.65. The van der Waals surface area contributed by atoms with Crippen molar-refractivity contribution in [1.82, 2.24) is 10.6 Å². The minimum Gasteiger partial charge on any atom is -0.496 e. The monoisotopic (exact) mass is 248 g/mol. The smallest absolute Gasteiger partial charge is 0.123 e. The summed E-state index contributed by atoms with van der Waals surface area (Å²) < 4.78 is 5.52. The van der Waals surface area contributed by atoms with Crippen molar-refractivity contribution in [1.29, 1.82) is 0 Å². The van der Waals surface area contributed by atoms with Gasteiger partial charge in [-0.25, -0.2) is 0 Å². The number of hydrogen-bond acceptors (Lipinski definition) is 3. The van der Waals surface area contributed by atoms with Crippen molar-refractivity contribution in [2.75, 3.05) is 27.2 Å². The number of methoxy groups -OCH3 is 1. The predicted octanol–water partition coefficient (Wildman–Crippen LogP) is 1.91. The van der Waals surface area contributed by atoms with Crippen LogP contribution in [-0.4, -0.2) is 27.2 Å². The fourth-order valence-electron chi connectivity index (χ4n) is 2.96. The summed E-state index contributed by atoms with van der Waals surface area (Å²) in [6.45, 7) is 7.65. The number of rotatable bonds is 4. The summed E-state index contributed by atoms with van der Waals surface area (Å²) >= 11 is 0. The summed E-state index contributed by atoms with van der Waals surface area (Å²) in [5.41, 5.74) is 2.90. The van der Waals surface area contributed by atoms with Crippen molar-refractivity contribution in [3.05, 3.63) is 29.3 Å². The van der Waals surface area contributed by atoms with Crippen molar-refractivity contribution in [2.24, 2.45) is 5.92 Å². The van der Waals surface area contributed by atoms with E-state index in [2.05, 4.69) is 36.6 Å². The molecule has 2 atom stereocenters. The molecule has 1 saturated heterocycles. The molecule has 0 spiro atoms. The SMILES string of the molecule is CNCc1c(OC)cccc1C1(C)CNCC1C. The molecule has 1 fully saturated rings. The second-order valence-electron chi connectivity index (χ2n) is 5.47. The van der Waals surface area contributed by atoms with Gasteiger partial charge in [-0.2, -0.15) is 0 Å². The molecule has 1 heterocycles. The van der Waals surface area contributed by atoms with Gasteiger partial charge in [-0.05, 0) is 31.1 Å². The van der Waals surface area contributed by atoms with Crippen LogP contribution in [0.2, 0.25) is 0 Å². The number of ether oxygens (including phenoxy) is 1. The van der Waals surface area contributed by atoms with Crippen LogP contribution in [0.4, 0.5) is 0 Å². The Morgan fingerprint density at radius 1 is 1.50 bits per heavy atom. The Morgan fingerprint density at radius 2 is 2.28 bits per heavy atom. The zero-order valence-electron chi connectivity index (χ0n) is 11.8. The first-order chi connectivity index (χ1) is 8.63. The van der Waals surface area contributed by atoms with Gasteiger partial charge in [0.1, 0.15) is 5.75 Å². The van der Waals surface area contributed by atoms with Crippen LogP contribution in [0.5, 0.6) is 5.75 Å². The quantitative estimate of drug-likeness (QED) is 0.854. The third kappa shape index (κ3) is 2.13. The molecule has 18 heavy (non-hydrogen) atoms. The maximum atomic E-state index is 5.52. The molecule has 0 amide bonds. The van der Waals surface area contributed by atoms with Crippen molar-refractivity contribution in [3.63, 3.8) is 0 Å². The maximum absolute atomic E-state index is 5.52.